The van der Waals surface area contributed by atoms with Crippen molar-refractivity contribution in [1.82, 2.24) is 0 Å². The molecular weight excluding hydrogens is 256 g/mol. The first-order valence-corrected chi connectivity index (χ1v) is 11.9. The highest BCUT2D eigenvalue weighted by molar-refractivity contribution is 6.35. The van der Waals surface area contributed by atoms with Gasteiger partial charge in [-0.1, -0.05) is 115 Å². The van der Waals surface area contributed by atoms with Crippen LogP contribution in [-0.4, -0.2) is 9.52 Å². The number of hydrogen-bond acceptors (Lipinski definition) is 0. The number of rotatable bonds is 13. The third-order valence-corrected chi connectivity index (χ3v) is 7.19. The van der Waals surface area contributed by atoms with Crippen LogP contribution >= 0.6 is 0 Å². The Hall–Kier alpha value is 0.217. The lowest BCUT2D eigenvalue weighted by atomic mass is 9.86. The minimum absolute atomic E-state index is 0.321. The second-order valence-corrected chi connectivity index (χ2v) is 9.30. The fourth-order valence-corrected chi connectivity index (χ4v) is 5.52. The van der Waals surface area contributed by atoms with Gasteiger partial charge >= 0.3 is 0 Å². The van der Waals surface area contributed by atoms with Crippen molar-refractivity contribution in [3.63, 3.8) is 0 Å². The van der Waals surface area contributed by atoms with Crippen LogP contribution in [0.25, 0.3) is 0 Å². The summed E-state index contributed by atoms with van der Waals surface area (Å²) in [5.41, 5.74) is 0. The maximum absolute atomic E-state index is 2.31. The summed E-state index contributed by atoms with van der Waals surface area (Å²) in [6.45, 7) is 2.31. The molecule has 120 valence electrons. The predicted molar refractivity (Wildman–Crippen MR) is 96.6 cm³/mol. The zero-order chi connectivity index (χ0) is 14.3. The van der Waals surface area contributed by atoms with E-state index in [-0.39, 0.29) is 0 Å². The first-order valence-electron chi connectivity index (χ1n) is 9.93. The predicted octanol–water partition coefficient (Wildman–Crippen LogP) is 6.49. The third-order valence-electron chi connectivity index (χ3n) is 5.19. The van der Waals surface area contributed by atoms with Crippen LogP contribution in [0, 0.1) is 5.92 Å². The molecule has 0 bridgehead atoms. The van der Waals surface area contributed by atoms with E-state index in [9.17, 15) is 0 Å². The van der Waals surface area contributed by atoms with Crippen molar-refractivity contribution < 1.29 is 0 Å². The maximum Gasteiger partial charge on any atom is 0.0197 e. The third kappa shape index (κ3) is 10.9. The van der Waals surface area contributed by atoms with E-state index in [0.29, 0.717) is 9.52 Å². The summed E-state index contributed by atoms with van der Waals surface area (Å²) in [6.07, 6.45) is 22.8. The van der Waals surface area contributed by atoms with Crippen LogP contribution in [0.15, 0.2) is 0 Å². The second kappa shape index (κ2) is 14.2. The van der Waals surface area contributed by atoms with Gasteiger partial charge in [-0.25, -0.2) is 0 Å². The monoisotopic (exact) mass is 296 g/mol. The molecule has 0 spiro atoms. The summed E-state index contributed by atoms with van der Waals surface area (Å²) in [6, 6.07) is 3.27. The Labute approximate surface area is 131 Å². The van der Waals surface area contributed by atoms with Gasteiger partial charge < -0.3 is 0 Å². The smallest absolute Gasteiger partial charge is 0.0197 e. The van der Waals surface area contributed by atoms with E-state index in [0.717, 1.165) is 5.92 Å². The highest BCUT2D eigenvalue weighted by Gasteiger charge is 2.12. The van der Waals surface area contributed by atoms with E-state index >= 15 is 0 Å². The quantitative estimate of drug-likeness (QED) is 0.269. The molecule has 1 rings (SSSR count). The van der Waals surface area contributed by atoms with Crippen LogP contribution in [0.4, 0.5) is 0 Å². The molecule has 0 unspecified atom stereocenters. The summed E-state index contributed by atoms with van der Waals surface area (Å²) in [4.78, 5) is 0. The van der Waals surface area contributed by atoms with Crippen molar-refractivity contribution in [2.24, 2.45) is 5.92 Å². The average Bonchev–Trinajstić information content (AvgIpc) is 2.49. The van der Waals surface area contributed by atoms with Crippen LogP contribution in [0.5, 0.6) is 0 Å². The molecule has 0 aromatic carbocycles. The molecule has 20 heavy (non-hydrogen) atoms. The molecule has 1 heteroatoms. The van der Waals surface area contributed by atoms with Gasteiger partial charge in [-0.3, -0.25) is 0 Å². The van der Waals surface area contributed by atoms with E-state index in [2.05, 4.69) is 6.92 Å². The lowest BCUT2D eigenvalue weighted by Crippen LogP contribution is -2.05. The molecule has 0 aliphatic heterocycles. The lowest BCUT2D eigenvalue weighted by molar-refractivity contribution is 0.329. The van der Waals surface area contributed by atoms with Crippen molar-refractivity contribution in [3.8, 4) is 0 Å². The van der Waals surface area contributed by atoms with E-state index in [4.69, 9.17) is 0 Å². The molecule has 0 heterocycles. The Bertz CT molecular complexity index is 184. The molecule has 1 aliphatic rings. The summed E-state index contributed by atoms with van der Waals surface area (Å²) < 4.78 is 0. The van der Waals surface area contributed by atoms with Gasteiger partial charge in [0.05, 0.1) is 0 Å². The molecule has 0 saturated heterocycles. The molecule has 1 saturated carbocycles. The molecular formula is C19H40Si. The van der Waals surface area contributed by atoms with Crippen LogP contribution in [0.3, 0.4) is 0 Å². The summed E-state index contributed by atoms with van der Waals surface area (Å²) in [5, 5.41) is 0. The van der Waals surface area contributed by atoms with Crippen molar-refractivity contribution >= 4 is 9.52 Å². The summed E-state index contributed by atoms with van der Waals surface area (Å²) in [7, 11) is 0.321. The zero-order valence-electron chi connectivity index (χ0n) is 14.3. The van der Waals surface area contributed by atoms with E-state index in [1.165, 1.54) is 57.8 Å². The Morgan fingerprint density at radius 3 is 2.00 bits per heavy atom. The molecule has 0 amide bonds. The number of hydrogen-bond donors (Lipinski definition) is 0. The first kappa shape index (κ1) is 18.3. The molecule has 0 N–H and O–H groups in total. The van der Waals surface area contributed by atoms with E-state index in [1.54, 1.807) is 50.6 Å². The average molecular weight is 297 g/mol. The van der Waals surface area contributed by atoms with Gasteiger partial charge in [0.1, 0.15) is 0 Å². The summed E-state index contributed by atoms with van der Waals surface area (Å²) >= 11 is 0. The minimum atomic E-state index is 0.321. The van der Waals surface area contributed by atoms with Gasteiger partial charge in [0.15, 0.2) is 0 Å². The van der Waals surface area contributed by atoms with Gasteiger partial charge in [-0.05, 0) is 5.92 Å². The molecule has 0 atom stereocenters. The first-order chi connectivity index (χ1) is 9.93. The van der Waals surface area contributed by atoms with Gasteiger partial charge in [0.25, 0.3) is 0 Å². The van der Waals surface area contributed by atoms with Crippen molar-refractivity contribution in [2.75, 3.05) is 0 Å². The highest BCUT2D eigenvalue weighted by atomic mass is 28.2. The normalized spacial score (nSPS) is 17.2. The molecule has 1 fully saturated rings. The Kier molecular flexibility index (Phi) is 12.9. The van der Waals surface area contributed by atoms with Gasteiger partial charge in [-0.15, -0.1) is 0 Å². The number of unbranched alkanes of at least 4 members (excludes halogenated alkanes) is 7. The maximum atomic E-state index is 2.31. The zero-order valence-corrected chi connectivity index (χ0v) is 15.7. The van der Waals surface area contributed by atoms with Crippen LogP contribution in [-0.2, 0) is 0 Å². The topological polar surface area (TPSA) is 0 Å². The van der Waals surface area contributed by atoms with Crippen LogP contribution in [0.2, 0.25) is 12.1 Å². The Balaban J connectivity index is 1.70. The van der Waals surface area contributed by atoms with Crippen molar-refractivity contribution in [2.45, 2.75) is 115 Å². The molecule has 0 aromatic heterocycles. The van der Waals surface area contributed by atoms with Crippen LogP contribution in [0.1, 0.15) is 103 Å². The lowest BCUT2D eigenvalue weighted by Gasteiger charge is -2.21. The Morgan fingerprint density at radius 2 is 1.30 bits per heavy atom. The largest absolute Gasteiger partial charge is 0.0654 e. The fraction of sp³-hybridized carbons (Fsp3) is 1.00. The minimum Gasteiger partial charge on any atom is -0.0654 e. The summed E-state index contributed by atoms with van der Waals surface area (Å²) in [5.74, 6) is 1.11. The molecule has 1 aliphatic carbocycles. The van der Waals surface area contributed by atoms with Crippen molar-refractivity contribution in [3.05, 3.63) is 0 Å². The molecule has 0 aromatic rings. The molecule has 0 radical (unpaired) electrons. The van der Waals surface area contributed by atoms with Crippen molar-refractivity contribution in [1.29, 1.82) is 0 Å². The fourth-order valence-electron chi connectivity index (χ4n) is 3.75. The van der Waals surface area contributed by atoms with Gasteiger partial charge in [0.2, 0.25) is 0 Å². The van der Waals surface area contributed by atoms with Crippen LogP contribution < -0.4 is 0 Å². The molecule has 0 nitrogen and oxygen atoms in total. The highest BCUT2D eigenvalue weighted by Crippen LogP contribution is 2.28. The second-order valence-electron chi connectivity index (χ2n) is 7.18. The Morgan fingerprint density at radius 1 is 0.700 bits per heavy atom. The van der Waals surface area contributed by atoms with E-state index < -0.39 is 0 Å². The van der Waals surface area contributed by atoms with Gasteiger partial charge in [-0.2, -0.15) is 0 Å². The van der Waals surface area contributed by atoms with E-state index in [1.807, 2.05) is 0 Å². The van der Waals surface area contributed by atoms with Gasteiger partial charge in [0, 0.05) is 9.52 Å². The standard InChI is InChI=1S/C19H40Si/c1-2-3-4-5-6-12-17-20-18-13-8-11-16-19-14-9-7-10-15-19/h19H,2-18,20H2,1H3. The SMILES string of the molecule is CCCCCCCC[SiH2]CCCCCC1CCCCC1.